The largest absolute Gasteiger partial charge is 0.469 e. The average Bonchev–Trinajstić information content (AvgIpc) is 3.30. The minimum atomic E-state index is -1.19. The molecule has 5 rings (SSSR count). The third kappa shape index (κ3) is 2.20. The molecule has 1 aromatic carbocycles. The van der Waals surface area contributed by atoms with Gasteiger partial charge in [0.05, 0.1) is 31.5 Å². The van der Waals surface area contributed by atoms with Crippen molar-refractivity contribution in [2.24, 2.45) is 10.8 Å². The van der Waals surface area contributed by atoms with Crippen LogP contribution in [0.5, 0.6) is 0 Å². The van der Waals surface area contributed by atoms with Gasteiger partial charge in [-0.05, 0) is 30.9 Å². The number of nitrogens with zero attached hydrogens (tertiary/aromatic N) is 2. The summed E-state index contributed by atoms with van der Waals surface area (Å²) in [6.45, 7) is 2.45. The van der Waals surface area contributed by atoms with Gasteiger partial charge >= 0.3 is 11.9 Å². The quantitative estimate of drug-likeness (QED) is 0.552. The maximum Gasteiger partial charge on any atom is 0.322 e. The van der Waals surface area contributed by atoms with Crippen LogP contribution in [-0.2, 0) is 30.3 Å². The Labute approximate surface area is 179 Å². The van der Waals surface area contributed by atoms with Crippen LogP contribution in [0, 0.1) is 10.8 Å². The number of rotatable bonds is 4. The molecular weight excluding hydrogens is 400 g/mol. The Morgan fingerprint density at radius 1 is 1.16 bits per heavy atom. The topological polar surface area (TPSA) is 94.9 Å². The van der Waals surface area contributed by atoms with Crippen LogP contribution in [0.25, 0.3) is 10.9 Å². The van der Waals surface area contributed by atoms with E-state index in [1.54, 1.807) is 9.47 Å². The monoisotopic (exact) mass is 424 g/mol. The molecule has 2 aliphatic heterocycles. The summed E-state index contributed by atoms with van der Waals surface area (Å²) in [5.74, 6) is -1.73. The molecule has 1 saturated carbocycles. The number of hydrogen-bond acceptors (Lipinski definition) is 6. The molecular formula is C23H24N2O6. The predicted molar refractivity (Wildman–Crippen MR) is 109 cm³/mol. The van der Waals surface area contributed by atoms with E-state index in [-0.39, 0.29) is 5.91 Å². The molecule has 3 heterocycles. The summed E-state index contributed by atoms with van der Waals surface area (Å²) in [4.78, 5) is 53.1. The summed E-state index contributed by atoms with van der Waals surface area (Å²) < 4.78 is 11.3. The van der Waals surface area contributed by atoms with E-state index in [9.17, 15) is 19.2 Å². The first kappa shape index (κ1) is 19.8. The number of methoxy groups -OCH3 is 2. The molecule has 2 fully saturated rings. The second-order valence-corrected chi connectivity index (χ2v) is 8.60. The molecule has 0 bridgehead atoms. The highest BCUT2D eigenvalue weighted by Crippen LogP contribution is 2.79. The molecule has 3 aliphatic rings. The number of piperidine rings is 1. The normalized spacial score (nSPS) is 28.0. The fourth-order valence-electron chi connectivity index (χ4n) is 6.16. The molecule has 8 nitrogen and oxygen atoms in total. The molecule has 162 valence electrons. The molecule has 3 atom stereocenters. The maximum absolute atomic E-state index is 13.5. The van der Waals surface area contributed by atoms with Crippen molar-refractivity contribution in [1.82, 2.24) is 9.47 Å². The standard InChI is InChI=1S/C23H24N2O6/c1-4-22-12-23(22,21(29)31-3)20(28)24-10-9-14-13-7-5-6-8-15(13)25(18(14)19(22)24)16(26)11-17(27)30-2/h5-8,19H,4,9-12H2,1-3H3/t19-,22-,23+/m1/s1. The number of fused-ring (bicyclic) bond motifs is 7. The number of aromatic nitrogens is 1. The van der Waals surface area contributed by atoms with E-state index in [1.165, 1.54) is 14.2 Å². The third-order valence-corrected chi connectivity index (χ3v) is 7.59. The molecule has 0 unspecified atom stereocenters. The summed E-state index contributed by atoms with van der Waals surface area (Å²) in [5.41, 5.74) is 0.626. The van der Waals surface area contributed by atoms with Crippen LogP contribution in [0.2, 0.25) is 0 Å². The van der Waals surface area contributed by atoms with Crippen molar-refractivity contribution in [2.75, 3.05) is 20.8 Å². The Kier molecular flexibility index (Phi) is 4.10. The second kappa shape index (κ2) is 6.42. The van der Waals surface area contributed by atoms with Gasteiger partial charge in [-0.15, -0.1) is 0 Å². The molecule has 8 heteroatoms. The summed E-state index contributed by atoms with van der Waals surface area (Å²) in [6, 6.07) is 7.15. The van der Waals surface area contributed by atoms with Crippen molar-refractivity contribution in [3.63, 3.8) is 0 Å². The number of carbonyl (C=O) groups excluding carboxylic acids is 4. The molecule has 1 amide bonds. The minimum Gasteiger partial charge on any atom is -0.469 e. The van der Waals surface area contributed by atoms with E-state index in [4.69, 9.17) is 9.47 Å². The highest BCUT2D eigenvalue weighted by Gasteiger charge is 2.86. The smallest absolute Gasteiger partial charge is 0.322 e. The molecule has 1 aromatic heterocycles. The molecule has 0 spiro atoms. The van der Waals surface area contributed by atoms with Gasteiger partial charge in [0.15, 0.2) is 5.41 Å². The van der Waals surface area contributed by atoms with Crippen LogP contribution in [-0.4, -0.2) is 54.0 Å². The summed E-state index contributed by atoms with van der Waals surface area (Å²) in [7, 11) is 2.56. The van der Waals surface area contributed by atoms with Crippen molar-refractivity contribution < 1.29 is 28.7 Å². The van der Waals surface area contributed by atoms with Gasteiger partial charge in [0, 0.05) is 17.3 Å². The molecule has 1 saturated heterocycles. The number of ether oxygens (including phenoxy) is 2. The lowest BCUT2D eigenvalue weighted by atomic mass is 9.83. The Morgan fingerprint density at radius 2 is 1.90 bits per heavy atom. The highest BCUT2D eigenvalue weighted by molar-refractivity contribution is 6.11. The van der Waals surface area contributed by atoms with E-state index < -0.39 is 41.1 Å². The van der Waals surface area contributed by atoms with Gasteiger partial charge in [-0.25, -0.2) is 0 Å². The van der Waals surface area contributed by atoms with Gasteiger partial charge < -0.3 is 14.4 Å². The fourth-order valence-corrected chi connectivity index (χ4v) is 6.16. The van der Waals surface area contributed by atoms with Gasteiger partial charge in [-0.1, -0.05) is 25.1 Å². The lowest BCUT2D eigenvalue weighted by molar-refractivity contribution is -0.154. The first-order valence-electron chi connectivity index (χ1n) is 10.5. The summed E-state index contributed by atoms with van der Waals surface area (Å²) in [5, 5.41) is 0.935. The average molecular weight is 424 g/mol. The lowest BCUT2D eigenvalue weighted by Gasteiger charge is -2.37. The van der Waals surface area contributed by atoms with Crippen LogP contribution >= 0.6 is 0 Å². The van der Waals surface area contributed by atoms with Gasteiger partial charge in [0.2, 0.25) is 11.8 Å². The molecule has 1 aliphatic carbocycles. The Hall–Kier alpha value is -3.16. The summed E-state index contributed by atoms with van der Waals surface area (Å²) >= 11 is 0. The fraction of sp³-hybridized carbons (Fsp3) is 0.478. The highest BCUT2D eigenvalue weighted by atomic mass is 16.5. The van der Waals surface area contributed by atoms with Gasteiger partial charge in [0.25, 0.3) is 0 Å². The zero-order valence-electron chi connectivity index (χ0n) is 17.8. The minimum absolute atomic E-state index is 0.214. The third-order valence-electron chi connectivity index (χ3n) is 7.59. The second-order valence-electron chi connectivity index (χ2n) is 8.60. The number of hydrogen-bond donors (Lipinski definition) is 0. The van der Waals surface area contributed by atoms with E-state index in [2.05, 4.69) is 0 Å². The predicted octanol–water partition coefficient (Wildman–Crippen LogP) is 2.24. The van der Waals surface area contributed by atoms with Gasteiger partial charge in [-0.2, -0.15) is 0 Å². The molecule has 2 aromatic rings. The first-order valence-corrected chi connectivity index (χ1v) is 10.5. The Balaban J connectivity index is 1.75. The van der Waals surface area contributed by atoms with Gasteiger partial charge in [0.1, 0.15) is 6.42 Å². The number of carbonyl (C=O) groups is 4. The Bertz CT molecular complexity index is 1170. The lowest BCUT2D eigenvalue weighted by Crippen LogP contribution is -2.41. The van der Waals surface area contributed by atoms with E-state index in [0.717, 1.165) is 16.6 Å². The number of amides is 1. The Morgan fingerprint density at radius 3 is 2.58 bits per heavy atom. The molecule has 31 heavy (non-hydrogen) atoms. The van der Waals surface area contributed by atoms with Crippen molar-refractivity contribution in [3.05, 3.63) is 35.5 Å². The molecule has 0 radical (unpaired) electrons. The SMILES string of the molecule is CC[C@]12C[C@@]1(C(=O)OC)C(=O)N1CCc3c(n(C(=O)CC(=O)OC)c4ccccc34)[C@@H]12. The van der Waals surface area contributed by atoms with Crippen molar-refractivity contribution in [3.8, 4) is 0 Å². The molecule has 0 N–H and O–H groups in total. The maximum atomic E-state index is 13.5. The van der Waals surface area contributed by atoms with E-state index >= 15 is 0 Å². The van der Waals surface area contributed by atoms with Gasteiger partial charge in [-0.3, -0.25) is 23.7 Å². The first-order chi connectivity index (χ1) is 14.9. The van der Waals surface area contributed by atoms with Crippen LogP contribution in [0.4, 0.5) is 0 Å². The van der Waals surface area contributed by atoms with Crippen LogP contribution < -0.4 is 0 Å². The van der Waals surface area contributed by atoms with Crippen LogP contribution in [0.1, 0.15) is 48.3 Å². The number of para-hydroxylation sites is 1. The zero-order valence-corrected chi connectivity index (χ0v) is 17.8. The van der Waals surface area contributed by atoms with Crippen LogP contribution in [0.3, 0.4) is 0 Å². The zero-order chi connectivity index (χ0) is 22.1. The van der Waals surface area contributed by atoms with E-state index in [0.29, 0.717) is 31.3 Å². The summed E-state index contributed by atoms with van der Waals surface area (Å²) in [6.07, 6.45) is 1.19. The number of esters is 2. The number of benzene rings is 1. The van der Waals surface area contributed by atoms with Crippen molar-refractivity contribution in [2.45, 2.75) is 38.6 Å². The van der Waals surface area contributed by atoms with E-state index in [1.807, 2.05) is 31.2 Å². The van der Waals surface area contributed by atoms with Crippen molar-refractivity contribution in [1.29, 1.82) is 0 Å². The van der Waals surface area contributed by atoms with Crippen LogP contribution in [0.15, 0.2) is 24.3 Å². The van der Waals surface area contributed by atoms with Crippen molar-refractivity contribution >= 4 is 34.7 Å².